The topological polar surface area (TPSA) is 59.9 Å². The Bertz CT molecular complexity index is 545. The van der Waals surface area contributed by atoms with Gasteiger partial charge in [-0.1, -0.05) is 13.0 Å². The number of nitrogens with zero attached hydrogens (tertiary/aromatic N) is 3. The smallest absolute Gasteiger partial charge is 0.226 e. The van der Waals surface area contributed by atoms with Crippen molar-refractivity contribution in [2.45, 2.75) is 33.2 Å². The zero-order valence-electron chi connectivity index (χ0n) is 12.1. The molecule has 0 spiro atoms. The fourth-order valence-corrected chi connectivity index (χ4v) is 1.79. The first-order valence-electron chi connectivity index (χ1n) is 6.84. The minimum absolute atomic E-state index is 0.0875. The molecule has 1 N–H and O–H groups in total. The third-order valence-corrected chi connectivity index (χ3v) is 2.81. The van der Waals surface area contributed by atoms with E-state index in [4.69, 9.17) is 4.74 Å². The molecule has 0 bridgehead atoms. The molecule has 0 saturated heterocycles. The molecule has 0 aromatic carbocycles. The van der Waals surface area contributed by atoms with Gasteiger partial charge in [-0.05, 0) is 31.9 Å². The predicted octanol–water partition coefficient (Wildman–Crippen LogP) is 3.14. The van der Waals surface area contributed by atoms with Gasteiger partial charge in [-0.25, -0.2) is 4.98 Å². The molecule has 2 aromatic rings. The normalized spacial score (nSPS) is 11.9. The molecule has 2 rings (SSSR count). The van der Waals surface area contributed by atoms with Crippen molar-refractivity contribution in [1.29, 1.82) is 0 Å². The van der Waals surface area contributed by atoms with Crippen molar-refractivity contribution in [3.8, 4) is 5.88 Å². The first kappa shape index (κ1) is 14.2. The molecule has 5 heteroatoms. The minimum Gasteiger partial charge on any atom is -0.478 e. The average Bonchev–Trinajstić information content (AvgIpc) is 2.45. The largest absolute Gasteiger partial charge is 0.478 e. The van der Waals surface area contributed by atoms with Crippen LogP contribution in [0.3, 0.4) is 0 Å². The maximum Gasteiger partial charge on any atom is 0.226 e. The van der Waals surface area contributed by atoms with Gasteiger partial charge in [-0.2, -0.15) is 4.98 Å². The standard InChI is InChI=1S/C15H20N4O/c1-4-8-20-14-9-11(2)17-15(19-14)18-12(3)13-6-5-7-16-10-13/h5-7,9-10,12H,4,8H2,1-3H3,(H,17,18,19). The number of pyridine rings is 1. The molecule has 0 aliphatic carbocycles. The summed E-state index contributed by atoms with van der Waals surface area (Å²) in [5.74, 6) is 1.19. The molecule has 0 fully saturated rings. The highest BCUT2D eigenvalue weighted by atomic mass is 16.5. The molecular weight excluding hydrogens is 252 g/mol. The Morgan fingerprint density at radius 2 is 2.20 bits per heavy atom. The van der Waals surface area contributed by atoms with Crippen molar-refractivity contribution in [1.82, 2.24) is 15.0 Å². The number of rotatable bonds is 6. The summed E-state index contributed by atoms with van der Waals surface area (Å²) >= 11 is 0. The molecule has 106 valence electrons. The highest BCUT2D eigenvalue weighted by Crippen LogP contribution is 2.18. The van der Waals surface area contributed by atoms with Gasteiger partial charge in [0.2, 0.25) is 11.8 Å². The fraction of sp³-hybridized carbons (Fsp3) is 0.400. The van der Waals surface area contributed by atoms with Gasteiger partial charge in [0.05, 0.1) is 12.6 Å². The second kappa shape index (κ2) is 6.84. The Hall–Kier alpha value is -2.17. The van der Waals surface area contributed by atoms with E-state index >= 15 is 0 Å². The molecule has 1 atom stereocenters. The number of hydrogen-bond acceptors (Lipinski definition) is 5. The van der Waals surface area contributed by atoms with Crippen molar-refractivity contribution in [2.24, 2.45) is 0 Å². The number of ether oxygens (including phenoxy) is 1. The SMILES string of the molecule is CCCOc1cc(C)nc(NC(C)c2cccnc2)n1. The van der Waals surface area contributed by atoms with Crippen LogP contribution in [0.25, 0.3) is 0 Å². The first-order valence-corrected chi connectivity index (χ1v) is 6.84. The molecule has 0 radical (unpaired) electrons. The lowest BCUT2D eigenvalue weighted by atomic mass is 10.1. The molecule has 20 heavy (non-hydrogen) atoms. The van der Waals surface area contributed by atoms with E-state index in [0.29, 0.717) is 18.4 Å². The highest BCUT2D eigenvalue weighted by molar-refractivity contribution is 5.34. The summed E-state index contributed by atoms with van der Waals surface area (Å²) in [4.78, 5) is 12.9. The summed E-state index contributed by atoms with van der Waals surface area (Å²) in [6.07, 6.45) is 4.55. The van der Waals surface area contributed by atoms with Crippen LogP contribution in [0.5, 0.6) is 5.88 Å². The third kappa shape index (κ3) is 3.91. The van der Waals surface area contributed by atoms with Crippen LogP contribution < -0.4 is 10.1 Å². The van der Waals surface area contributed by atoms with E-state index in [1.165, 1.54) is 0 Å². The van der Waals surface area contributed by atoms with E-state index in [9.17, 15) is 0 Å². The van der Waals surface area contributed by atoms with Crippen LogP contribution in [0.4, 0.5) is 5.95 Å². The van der Waals surface area contributed by atoms with Crippen molar-refractivity contribution in [3.63, 3.8) is 0 Å². The molecule has 1 unspecified atom stereocenters. The van der Waals surface area contributed by atoms with Crippen LogP contribution >= 0.6 is 0 Å². The maximum absolute atomic E-state index is 5.56. The molecule has 0 amide bonds. The summed E-state index contributed by atoms with van der Waals surface area (Å²) in [6, 6.07) is 5.87. The number of aryl methyl sites for hydroxylation is 1. The maximum atomic E-state index is 5.56. The van der Waals surface area contributed by atoms with Crippen LogP contribution in [0.15, 0.2) is 30.6 Å². The quantitative estimate of drug-likeness (QED) is 0.875. The number of nitrogens with one attached hydrogen (secondary N) is 1. The average molecular weight is 272 g/mol. The van der Waals surface area contributed by atoms with Gasteiger partial charge in [0.25, 0.3) is 0 Å². The molecule has 0 aliphatic rings. The number of aromatic nitrogens is 3. The second-order valence-corrected chi connectivity index (χ2v) is 4.67. The Morgan fingerprint density at radius 3 is 2.90 bits per heavy atom. The number of hydrogen-bond donors (Lipinski definition) is 1. The van der Waals surface area contributed by atoms with Gasteiger partial charge in [0, 0.05) is 24.2 Å². The van der Waals surface area contributed by atoms with Crippen molar-refractivity contribution >= 4 is 5.95 Å². The summed E-state index contributed by atoms with van der Waals surface area (Å²) in [5.41, 5.74) is 1.97. The van der Waals surface area contributed by atoms with E-state index in [-0.39, 0.29) is 6.04 Å². The van der Waals surface area contributed by atoms with Crippen molar-refractivity contribution < 1.29 is 4.74 Å². The lowest BCUT2D eigenvalue weighted by Gasteiger charge is -2.15. The lowest BCUT2D eigenvalue weighted by molar-refractivity contribution is 0.305. The van der Waals surface area contributed by atoms with E-state index < -0.39 is 0 Å². The van der Waals surface area contributed by atoms with Gasteiger partial charge in [0.1, 0.15) is 0 Å². The van der Waals surface area contributed by atoms with E-state index in [1.54, 1.807) is 6.20 Å². The van der Waals surface area contributed by atoms with Gasteiger partial charge in [-0.3, -0.25) is 4.98 Å². The predicted molar refractivity (Wildman–Crippen MR) is 78.8 cm³/mol. The Kier molecular flexibility index (Phi) is 4.87. The van der Waals surface area contributed by atoms with Gasteiger partial charge >= 0.3 is 0 Å². The molecule has 2 heterocycles. The Balaban J connectivity index is 2.10. The van der Waals surface area contributed by atoms with Gasteiger partial charge in [-0.15, -0.1) is 0 Å². The summed E-state index contributed by atoms with van der Waals surface area (Å²) in [7, 11) is 0. The zero-order chi connectivity index (χ0) is 14.4. The van der Waals surface area contributed by atoms with Crippen molar-refractivity contribution in [2.75, 3.05) is 11.9 Å². The summed E-state index contributed by atoms with van der Waals surface area (Å²) in [5, 5.41) is 3.27. The van der Waals surface area contributed by atoms with Crippen LogP contribution in [0, 0.1) is 6.92 Å². The molecule has 5 nitrogen and oxygen atoms in total. The van der Waals surface area contributed by atoms with Gasteiger partial charge < -0.3 is 10.1 Å². The minimum atomic E-state index is 0.0875. The van der Waals surface area contributed by atoms with E-state index in [1.807, 2.05) is 31.3 Å². The molecule has 0 saturated carbocycles. The number of anilines is 1. The van der Waals surface area contributed by atoms with E-state index in [0.717, 1.165) is 17.7 Å². The monoisotopic (exact) mass is 272 g/mol. The lowest BCUT2D eigenvalue weighted by Crippen LogP contribution is -2.11. The molecule has 0 aliphatic heterocycles. The molecule has 2 aromatic heterocycles. The second-order valence-electron chi connectivity index (χ2n) is 4.67. The zero-order valence-corrected chi connectivity index (χ0v) is 12.1. The van der Waals surface area contributed by atoms with Crippen LogP contribution in [-0.4, -0.2) is 21.6 Å². The summed E-state index contributed by atoms with van der Waals surface area (Å²) < 4.78 is 5.56. The Morgan fingerprint density at radius 1 is 1.35 bits per heavy atom. The van der Waals surface area contributed by atoms with Crippen LogP contribution in [0.1, 0.15) is 37.6 Å². The fourth-order valence-electron chi connectivity index (χ4n) is 1.79. The highest BCUT2D eigenvalue weighted by Gasteiger charge is 2.09. The van der Waals surface area contributed by atoms with Gasteiger partial charge in [0.15, 0.2) is 0 Å². The third-order valence-electron chi connectivity index (χ3n) is 2.81. The van der Waals surface area contributed by atoms with Crippen LogP contribution in [0.2, 0.25) is 0 Å². The first-order chi connectivity index (χ1) is 9.69. The van der Waals surface area contributed by atoms with Crippen LogP contribution in [-0.2, 0) is 0 Å². The Labute approximate surface area is 119 Å². The molecular formula is C15H20N4O. The summed E-state index contributed by atoms with van der Waals surface area (Å²) in [6.45, 7) is 6.71. The van der Waals surface area contributed by atoms with Crippen molar-refractivity contribution in [3.05, 3.63) is 41.9 Å². The van der Waals surface area contributed by atoms with E-state index in [2.05, 4.69) is 34.1 Å².